The maximum absolute atomic E-state index is 13.7. The van der Waals surface area contributed by atoms with Gasteiger partial charge < -0.3 is 10.4 Å². The van der Waals surface area contributed by atoms with Crippen LogP contribution in [0.5, 0.6) is 0 Å². The van der Waals surface area contributed by atoms with Crippen LogP contribution in [0.4, 0.5) is 4.39 Å². The van der Waals surface area contributed by atoms with E-state index in [9.17, 15) is 9.50 Å². The molecule has 2 rings (SSSR count). The summed E-state index contributed by atoms with van der Waals surface area (Å²) in [6.45, 7) is 2.69. The molecule has 1 aliphatic rings. The fraction of sp³-hybridized carbons (Fsp3) is 0.571. The van der Waals surface area contributed by atoms with Gasteiger partial charge in [-0.05, 0) is 43.9 Å². The van der Waals surface area contributed by atoms with Crippen LogP contribution >= 0.6 is 15.9 Å². The molecule has 0 radical (unpaired) electrons. The Morgan fingerprint density at radius 1 is 1.50 bits per heavy atom. The van der Waals surface area contributed by atoms with Crippen LogP contribution in [0.2, 0.25) is 0 Å². The molecule has 0 aliphatic heterocycles. The molecular formula is C14H19BrFNO. The number of hydrogen-bond donors (Lipinski definition) is 2. The van der Waals surface area contributed by atoms with E-state index in [2.05, 4.69) is 21.2 Å². The minimum absolute atomic E-state index is 0.0460. The van der Waals surface area contributed by atoms with Crippen LogP contribution in [0.3, 0.4) is 0 Å². The lowest BCUT2D eigenvalue weighted by Gasteiger charge is -2.20. The zero-order valence-electron chi connectivity index (χ0n) is 10.5. The summed E-state index contributed by atoms with van der Waals surface area (Å²) in [5.41, 5.74) is 0.664. The highest BCUT2D eigenvalue weighted by Crippen LogP contribution is 2.26. The first-order chi connectivity index (χ1) is 8.58. The summed E-state index contributed by atoms with van der Waals surface area (Å²) < 4.78 is 14.6. The molecule has 0 spiro atoms. The SMILES string of the molecule is CC(NCC1CCCC1O)c1cc(Br)ccc1F. The fourth-order valence-corrected chi connectivity index (χ4v) is 2.92. The summed E-state index contributed by atoms with van der Waals surface area (Å²) in [6.07, 6.45) is 2.85. The van der Waals surface area contributed by atoms with Gasteiger partial charge in [0.2, 0.25) is 0 Å². The monoisotopic (exact) mass is 315 g/mol. The van der Waals surface area contributed by atoms with E-state index < -0.39 is 0 Å². The van der Waals surface area contributed by atoms with Crippen molar-refractivity contribution in [2.24, 2.45) is 5.92 Å². The highest BCUT2D eigenvalue weighted by Gasteiger charge is 2.25. The molecule has 4 heteroatoms. The molecule has 3 atom stereocenters. The number of aliphatic hydroxyl groups is 1. The van der Waals surface area contributed by atoms with Crippen molar-refractivity contribution < 1.29 is 9.50 Å². The van der Waals surface area contributed by atoms with E-state index in [1.54, 1.807) is 12.1 Å². The zero-order valence-corrected chi connectivity index (χ0v) is 12.1. The van der Waals surface area contributed by atoms with Crippen molar-refractivity contribution in [3.05, 3.63) is 34.1 Å². The van der Waals surface area contributed by atoms with Gasteiger partial charge in [-0.3, -0.25) is 0 Å². The van der Waals surface area contributed by atoms with Crippen LogP contribution in [-0.2, 0) is 0 Å². The van der Waals surface area contributed by atoms with Gasteiger partial charge in [0.15, 0.2) is 0 Å². The Balaban J connectivity index is 1.94. The molecule has 2 nitrogen and oxygen atoms in total. The number of aliphatic hydroxyl groups excluding tert-OH is 1. The highest BCUT2D eigenvalue weighted by molar-refractivity contribution is 9.10. The second kappa shape index (κ2) is 6.13. The Kier molecular flexibility index (Phi) is 4.76. The summed E-state index contributed by atoms with van der Waals surface area (Å²) in [7, 11) is 0. The number of hydrogen-bond acceptors (Lipinski definition) is 2. The summed E-state index contributed by atoms with van der Waals surface area (Å²) in [5.74, 6) is 0.118. The zero-order chi connectivity index (χ0) is 13.1. The number of benzene rings is 1. The van der Waals surface area contributed by atoms with E-state index in [1.165, 1.54) is 6.07 Å². The van der Waals surface area contributed by atoms with Gasteiger partial charge in [-0.2, -0.15) is 0 Å². The van der Waals surface area contributed by atoms with Gasteiger partial charge in [0.25, 0.3) is 0 Å². The van der Waals surface area contributed by atoms with Gasteiger partial charge in [0.05, 0.1) is 6.10 Å². The third-order valence-electron chi connectivity index (χ3n) is 3.73. The molecular weight excluding hydrogens is 297 g/mol. The normalized spacial score (nSPS) is 25.3. The van der Waals surface area contributed by atoms with Gasteiger partial charge in [0.1, 0.15) is 5.82 Å². The second-order valence-corrected chi connectivity index (χ2v) is 5.97. The predicted molar refractivity (Wildman–Crippen MR) is 73.9 cm³/mol. The van der Waals surface area contributed by atoms with Crippen molar-refractivity contribution in [3.63, 3.8) is 0 Å². The van der Waals surface area contributed by atoms with E-state index >= 15 is 0 Å². The molecule has 0 aromatic heterocycles. The van der Waals surface area contributed by atoms with Gasteiger partial charge in [0, 0.05) is 22.6 Å². The van der Waals surface area contributed by atoms with Crippen molar-refractivity contribution in [2.45, 2.75) is 38.3 Å². The Bertz CT molecular complexity index is 413. The first-order valence-electron chi connectivity index (χ1n) is 6.44. The Morgan fingerprint density at radius 2 is 2.28 bits per heavy atom. The van der Waals surface area contributed by atoms with Crippen LogP contribution in [-0.4, -0.2) is 17.8 Å². The summed E-state index contributed by atoms with van der Waals surface area (Å²) in [5, 5.41) is 13.1. The van der Waals surface area contributed by atoms with Crippen LogP contribution in [0.15, 0.2) is 22.7 Å². The first kappa shape index (κ1) is 14.0. The Labute approximate surface area is 116 Å². The van der Waals surface area contributed by atoms with Crippen molar-refractivity contribution >= 4 is 15.9 Å². The predicted octanol–water partition coefficient (Wildman–Crippen LogP) is 3.40. The van der Waals surface area contributed by atoms with Crippen molar-refractivity contribution in [2.75, 3.05) is 6.54 Å². The quantitative estimate of drug-likeness (QED) is 0.892. The lowest BCUT2D eigenvalue weighted by molar-refractivity contribution is 0.130. The molecule has 0 bridgehead atoms. The molecule has 3 unspecified atom stereocenters. The molecule has 1 saturated carbocycles. The number of nitrogens with one attached hydrogen (secondary N) is 1. The Hall–Kier alpha value is -0.450. The molecule has 100 valence electrons. The molecule has 1 aromatic rings. The van der Waals surface area contributed by atoms with E-state index in [-0.39, 0.29) is 18.0 Å². The molecule has 0 saturated heterocycles. The summed E-state index contributed by atoms with van der Waals surface area (Å²) >= 11 is 3.36. The number of halogens is 2. The molecule has 1 fully saturated rings. The topological polar surface area (TPSA) is 32.3 Å². The smallest absolute Gasteiger partial charge is 0.128 e. The number of rotatable bonds is 4. The van der Waals surface area contributed by atoms with Crippen LogP contribution < -0.4 is 5.32 Å². The average Bonchev–Trinajstić information content (AvgIpc) is 2.75. The van der Waals surface area contributed by atoms with E-state index in [0.29, 0.717) is 11.5 Å². The maximum atomic E-state index is 13.7. The van der Waals surface area contributed by atoms with Crippen LogP contribution in [0.1, 0.15) is 37.8 Å². The third-order valence-corrected chi connectivity index (χ3v) is 4.22. The van der Waals surface area contributed by atoms with Gasteiger partial charge >= 0.3 is 0 Å². The fourth-order valence-electron chi connectivity index (χ4n) is 2.54. The van der Waals surface area contributed by atoms with E-state index in [0.717, 1.165) is 30.3 Å². The first-order valence-corrected chi connectivity index (χ1v) is 7.23. The highest BCUT2D eigenvalue weighted by atomic mass is 79.9. The maximum Gasteiger partial charge on any atom is 0.128 e. The summed E-state index contributed by atoms with van der Waals surface area (Å²) in [6, 6.07) is 4.93. The van der Waals surface area contributed by atoms with E-state index in [1.807, 2.05) is 6.92 Å². The van der Waals surface area contributed by atoms with E-state index in [4.69, 9.17) is 0 Å². The second-order valence-electron chi connectivity index (χ2n) is 5.05. The molecule has 1 aromatic carbocycles. The molecule has 0 amide bonds. The van der Waals surface area contributed by atoms with Gasteiger partial charge in [-0.25, -0.2) is 4.39 Å². The van der Waals surface area contributed by atoms with Crippen molar-refractivity contribution in [1.29, 1.82) is 0 Å². The van der Waals surface area contributed by atoms with Gasteiger partial charge in [-0.15, -0.1) is 0 Å². The largest absolute Gasteiger partial charge is 0.393 e. The summed E-state index contributed by atoms with van der Waals surface area (Å²) in [4.78, 5) is 0. The van der Waals surface area contributed by atoms with Gasteiger partial charge in [-0.1, -0.05) is 22.4 Å². The molecule has 1 aliphatic carbocycles. The van der Waals surface area contributed by atoms with Crippen LogP contribution in [0.25, 0.3) is 0 Å². The minimum Gasteiger partial charge on any atom is -0.393 e. The molecule has 0 heterocycles. The average molecular weight is 316 g/mol. The third kappa shape index (κ3) is 3.31. The Morgan fingerprint density at radius 3 is 2.94 bits per heavy atom. The lowest BCUT2D eigenvalue weighted by atomic mass is 10.0. The van der Waals surface area contributed by atoms with Crippen molar-refractivity contribution in [1.82, 2.24) is 5.32 Å². The lowest BCUT2D eigenvalue weighted by Crippen LogP contribution is -2.30. The van der Waals surface area contributed by atoms with Crippen molar-refractivity contribution in [3.8, 4) is 0 Å². The molecule has 18 heavy (non-hydrogen) atoms. The minimum atomic E-state index is -0.197. The van der Waals surface area contributed by atoms with Crippen LogP contribution in [0, 0.1) is 11.7 Å². The standard InChI is InChI=1S/C14H19BrFNO/c1-9(12-7-11(15)5-6-13(12)16)17-8-10-3-2-4-14(10)18/h5-7,9-10,14,17-18H,2-4,8H2,1H3. The molecule has 2 N–H and O–H groups in total.